The van der Waals surface area contributed by atoms with E-state index in [4.69, 9.17) is 9.15 Å². The second-order valence-corrected chi connectivity index (χ2v) is 17.1. The molecule has 0 saturated heterocycles. The predicted molar refractivity (Wildman–Crippen MR) is 252 cm³/mol. The van der Waals surface area contributed by atoms with Crippen LogP contribution < -0.4 is 9.64 Å². The molecule has 0 atom stereocenters. The Morgan fingerprint density at radius 3 is 1.67 bits per heavy atom. The van der Waals surface area contributed by atoms with Gasteiger partial charge in [0.1, 0.15) is 16.7 Å². The Hall–Kier alpha value is -7.66. The lowest BCUT2D eigenvalue weighted by atomic mass is 9.69. The van der Waals surface area contributed by atoms with Crippen LogP contribution in [0.5, 0.6) is 11.5 Å². The molecule has 1 aliphatic heterocycles. The number of nitrogens with zero attached hydrogens (tertiary/aromatic N) is 1. The first kappa shape index (κ1) is 34.2. The van der Waals surface area contributed by atoms with Crippen LogP contribution >= 0.6 is 11.3 Å². The van der Waals surface area contributed by atoms with Crippen LogP contribution in [0.1, 0.15) is 22.5 Å². The number of thiophene rings is 1. The van der Waals surface area contributed by atoms with Crippen LogP contribution in [0.4, 0.5) is 17.1 Å². The zero-order valence-electron chi connectivity index (χ0n) is 32.9. The van der Waals surface area contributed by atoms with Gasteiger partial charge in [0, 0.05) is 42.8 Å². The van der Waals surface area contributed by atoms with E-state index in [0.717, 1.165) is 56.4 Å². The Bertz CT molecular complexity index is 3460. The van der Waals surface area contributed by atoms with Gasteiger partial charge in [0.2, 0.25) is 0 Å². The summed E-state index contributed by atoms with van der Waals surface area (Å²) in [4.78, 5) is 2.36. The Morgan fingerprint density at radius 2 is 0.934 bits per heavy atom. The van der Waals surface area contributed by atoms with Crippen molar-refractivity contribution < 1.29 is 9.15 Å². The highest BCUT2D eigenvalue weighted by Crippen LogP contribution is 2.64. The number of para-hydroxylation sites is 1. The first-order valence-corrected chi connectivity index (χ1v) is 21.6. The van der Waals surface area contributed by atoms with Gasteiger partial charge >= 0.3 is 0 Å². The molecule has 3 nitrogen and oxygen atoms in total. The molecule has 3 heterocycles. The van der Waals surface area contributed by atoms with Gasteiger partial charge in [-0.25, -0.2) is 0 Å². The topological polar surface area (TPSA) is 25.6 Å². The highest BCUT2D eigenvalue weighted by atomic mass is 32.1. The summed E-state index contributed by atoms with van der Waals surface area (Å²) in [5, 5.41) is 3.50. The maximum absolute atomic E-state index is 7.10. The Balaban J connectivity index is 0.981. The minimum atomic E-state index is -0.669. The number of benzene rings is 9. The summed E-state index contributed by atoms with van der Waals surface area (Å²) in [6.07, 6.45) is 0. The molecule has 4 heteroatoms. The van der Waals surface area contributed by atoms with Crippen molar-refractivity contribution in [2.24, 2.45) is 0 Å². The molecule has 0 unspecified atom stereocenters. The maximum atomic E-state index is 7.10. The van der Waals surface area contributed by atoms with Gasteiger partial charge in [0.25, 0.3) is 0 Å². The van der Waals surface area contributed by atoms with E-state index in [0.29, 0.717) is 0 Å². The molecule has 0 amide bonds. The molecule has 0 fully saturated rings. The highest BCUT2D eigenvalue weighted by Gasteiger charge is 2.54. The summed E-state index contributed by atoms with van der Waals surface area (Å²) in [6, 6.07) is 76.4. The van der Waals surface area contributed by atoms with Crippen molar-refractivity contribution in [3.8, 4) is 44.9 Å². The van der Waals surface area contributed by atoms with Crippen molar-refractivity contribution in [2.45, 2.75) is 5.41 Å². The molecule has 0 radical (unpaired) electrons. The molecule has 2 aromatic heterocycles. The second kappa shape index (κ2) is 13.2. The van der Waals surface area contributed by atoms with Crippen LogP contribution in [0, 0.1) is 0 Å². The fourth-order valence-electron chi connectivity index (χ4n) is 10.0. The standard InChI is InChI=1S/C57H35NO2S/c1-2-12-36(13-3-1)37-22-24-38(25-23-37)39-26-28-40(29-27-39)58(42-30-32-46-45-16-6-11-21-53(45)61-54(46)35-42)41-31-33-51-47(34-41)55-56(60-51)57(50-19-9-10-20-52(50)59-55)48-17-7-4-14-43(48)44-15-5-8-18-49(44)57/h1-35H. The van der Waals surface area contributed by atoms with E-state index >= 15 is 0 Å². The van der Waals surface area contributed by atoms with E-state index in [1.54, 1.807) is 0 Å². The van der Waals surface area contributed by atoms with Crippen LogP contribution in [0.15, 0.2) is 217 Å². The first-order valence-electron chi connectivity index (χ1n) is 20.7. The lowest BCUT2D eigenvalue weighted by molar-refractivity contribution is 0.389. The van der Waals surface area contributed by atoms with Crippen LogP contribution in [0.3, 0.4) is 0 Å². The van der Waals surface area contributed by atoms with Gasteiger partial charge in [-0.15, -0.1) is 11.3 Å². The summed E-state index contributed by atoms with van der Waals surface area (Å²) in [5.74, 6) is 2.42. The van der Waals surface area contributed by atoms with E-state index in [2.05, 4.69) is 217 Å². The second-order valence-electron chi connectivity index (χ2n) is 16.0. The normalized spacial score (nSPS) is 13.2. The molecule has 61 heavy (non-hydrogen) atoms. The molecule has 0 saturated carbocycles. The van der Waals surface area contributed by atoms with E-state index in [9.17, 15) is 0 Å². The van der Waals surface area contributed by atoms with Gasteiger partial charge in [-0.2, -0.15) is 0 Å². The Labute approximate surface area is 357 Å². The molecule has 0 N–H and O–H groups in total. The van der Waals surface area contributed by atoms with Crippen molar-refractivity contribution in [1.29, 1.82) is 0 Å². The van der Waals surface area contributed by atoms with Gasteiger partial charge < -0.3 is 14.1 Å². The molecular formula is C57H35NO2S. The molecule has 286 valence electrons. The zero-order valence-corrected chi connectivity index (χ0v) is 33.7. The van der Waals surface area contributed by atoms with Gasteiger partial charge in [-0.1, -0.05) is 158 Å². The van der Waals surface area contributed by atoms with Crippen molar-refractivity contribution in [2.75, 3.05) is 4.90 Å². The average molecular weight is 798 g/mol. The third-order valence-electron chi connectivity index (χ3n) is 12.8. The minimum Gasteiger partial charge on any atom is -0.455 e. The summed E-state index contributed by atoms with van der Waals surface area (Å²) < 4.78 is 16.6. The van der Waals surface area contributed by atoms with Crippen molar-refractivity contribution in [3.05, 3.63) is 235 Å². The monoisotopic (exact) mass is 797 g/mol. The van der Waals surface area contributed by atoms with Gasteiger partial charge in [-0.05, 0) is 99.1 Å². The molecule has 1 aliphatic carbocycles. The SMILES string of the molecule is c1ccc(-c2ccc(-c3ccc(N(c4ccc5c(c4)sc4ccccc45)c4ccc5oc6c(c5c4)Oc4ccccc4C64c5ccccc5-c5ccccc54)cc3)cc2)cc1. The molecular weight excluding hydrogens is 763 g/mol. The van der Waals surface area contributed by atoms with Crippen LogP contribution in [0.2, 0.25) is 0 Å². The molecule has 9 aromatic carbocycles. The predicted octanol–water partition coefficient (Wildman–Crippen LogP) is 16.1. The molecule has 0 bridgehead atoms. The number of hydrogen-bond donors (Lipinski definition) is 0. The van der Waals surface area contributed by atoms with Crippen molar-refractivity contribution in [1.82, 2.24) is 0 Å². The molecule has 13 rings (SSSR count). The number of anilines is 3. The van der Waals surface area contributed by atoms with Crippen molar-refractivity contribution >= 4 is 59.5 Å². The highest BCUT2D eigenvalue weighted by molar-refractivity contribution is 7.25. The van der Waals surface area contributed by atoms with E-state index < -0.39 is 5.41 Å². The van der Waals surface area contributed by atoms with Crippen LogP contribution in [-0.2, 0) is 5.41 Å². The average Bonchev–Trinajstić information content (AvgIpc) is 3.98. The van der Waals surface area contributed by atoms with Crippen molar-refractivity contribution in [3.63, 3.8) is 0 Å². The third kappa shape index (κ3) is 5.03. The summed E-state index contributed by atoms with van der Waals surface area (Å²) in [7, 11) is 0. The largest absolute Gasteiger partial charge is 0.455 e. The minimum absolute atomic E-state index is 0.669. The number of furan rings is 1. The summed E-state index contributed by atoms with van der Waals surface area (Å²) >= 11 is 1.84. The quantitative estimate of drug-likeness (QED) is 0.173. The Morgan fingerprint density at radius 1 is 0.393 bits per heavy atom. The van der Waals surface area contributed by atoms with Gasteiger partial charge in [0.15, 0.2) is 11.5 Å². The molecule has 2 aliphatic rings. The van der Waals surface area contributed by atoms with E-state index in [1.165, 1.54) is 59.1 Å². The maximum Gasteiger partial charge on any atom is 0.178 e. The lowest BCUT2D eigenvalue weighted by Gasteiger charge is -2.36. The third-order valence-corrected chi connectivity index (χ3v) is 13.9. The number of hydrogen-bond acceptors (Lipinski definition) is 4. The molecule has 11 aromatic rings. The first-order chi connectivity index (χ1) is 30.2. The molecule has 1 spiro atoms. The van der Waals surface area contributed by atoms with Gasteiger partial charge in [0.05, 0.1) is 5.39 Å². The van der Waals surface area contributed by atoms with E-state index in [1.807, 2.05) is 11.3 Å². The number of fused-ring (bicyclic) bond motifs is 14. The summed E-state index contributed by atoms with van der Waals surface area (Å²) in [5.41, 5.74) is 14.0. The van der Waals surface area contributed by atoms with E-state index in [-0.39, 0.29) is 0 Å². The zero-order chi connectivity index (χ0) is 40.1. The van der Waals surface area contributed by atoms with Gasteiger partial charge in [-0.3, -0.25) is 0 Å². The lowest BCUT2D eigenvalue weighted by Crippen LogP contribution is -2.31. The Kier molecular flexibility index (Phi) is 7.39. The fourth-order valence-corrected chi connectivity index (χ4v) is 11.1. The van der Waals surface area contributed by atoms with Crippen LogP contribution in [-0.4, -0.2) is 0 Å². The smallest absolute Gasteiger partial charge is 0.178 e. The van der Waals surface area contributed by atoms with Crippen LogP contribution in [0.25, 0.3) is 64.5 Å². The number of rotatable bonds is 5. The number of ether oxygens (including phenoxy) is 1. The fraction of sp³-hybridized carbons (Fsp3) is 0.0175. The summed E-state index contributed by atoms with van der Waals surface area (Å²) in [6.45, 7) is 0.